The second-order valence-electron chi connectivity index (χ2n) is 6.96. The van der Waals surface area contributed by atoms with Crippen LogP contribution in [-0.4, -0.2) is 38.2 Å². The molecule has 2 aromatic heterocycles. The lowest BCUT2D eigenvalue weighted by Gasteiger charge is -2.20. The summed E-state index contributed by atoms with van der Waals surface area (Å²) in [5, 5.41) is 6.99. The number of rotatable bonds is 4. The van der Waals surface area contributed by atoms with E-state index in [1.807, 2.05) is 0 Å². The number of hydrogen-bond donors (Lipinski definition) is 1. The van der Waals surface area contributed by atoms with Crippen LogP contribution >= 0.6 is 11.6 Å². The van der Waals surface area contributed by atoms with E-state index in [4.69, 9.17) is 11.6 Å². The van der Waals surface area contributed by atoms with Crippen LogP contribution in [0.15, 0.2) is 35.4 Å². The summed E-state index contributed by atoms with van der Waals surface area (Å²) in [6.45, 7) is 1.36. The highest BCUT2D eigenvalue weighted by atomic mass is 35.5. The first-order valence-corrected chi connectivity index (χ1v) is 9.85. The molecule has 1 N–H and O–H groups in total. The van der Waals surface area contributed by atoms with Crippen LogP contribution in [-0.2, 0) is 11.3 Å². The van der Waals surface area contributed by atoms with Gasteiger partial charge < -0.3 is 10.2 Å². The summed E-state index contributed by atoms with van der Waals surface area (Å²) in [5.41, 5.74) is -0.0572. The van der Waals surface area contributed by atoms with Crippen LogP contribution in [0.4, 0.5) is 15.9 Å². The van der Waals surface area contributed by atoms with E-state index in [-0.39, 0.29) is 17.3 Å². The lowest BCUT2D eigenvalue weighted by Crippen LogP contribution is -2.28. The van der Waals surface area contributed by atoms with Crippen LogP contribution in [0.5, 0.6) is 0 Å². The number of anilines is 2. The van der Waals surface area contributed by atoms with Gasteiger partial charge in [0.1, 0.15) is 12.4 Å². The van der Waals surface area contributed by atoms with E-state index in [1.54, 1.807) is 6.20 Å². The molecule has 1 fully saturated rings. The highest BCUT2D eigenvalue weighted by Gasteiger charge is 2.19. The van der Waals surface area contributed by atoms with Crippen molar-refractivity contribution in [1.82, 2.24) is 19.2 Å². The summed E-state index contributed by atoms with van der Waals surface area (Å²) < 4.78 is 16.3. The molecule has 1 aliphatic rings. The van der Waals surface area contributed by atoms with Crippen molar-refractivity contribution in [1.29, 1.82) is 0 Å². The molecule has 0 bridgehead atoms. The Hall–Kier alpha value is -2.94. The number of nitrogens with zero attached hydrogens (tertiary/aromatic N) is 5. The van der Waals surface area contributed by atoms with E-state index in [2.05, 4.69) is 20.3 Å². The molecular weight excluding hydrogens is 399 g/mol. The van der Waals surface area contributed by atoms with Crippen molar-refractivity contribution in [2.75, 3.05) is 23.3 Å². The third-order valence-electron chi connectivity index (χ3n) is 4.89. The van der Waals surface area contributed by atoms with E-state index >= 15 is 0 Å². The van der Waals surface area contributed by atoms with Crippen LogP contribution < -0.4 is 15.9 Å². The zero-order valence-corrected chi connectivity index (χ0v) is 16.4. The molecule has 10 heteroatoms. The monoisotopic (exact) mass is 418 g/mol. The molecule has 4 rings (SSSR count). The minimum absolute atomic E-state index is 0.0110. The Kier molecular flexibility index (Phi) is 5.48. The molecule has 0 radical (unpaired) electrons. The second-order valence-corrected chi connectivity index (χ2v) is 7.39. The molecule has 29 heavy (non-hydrogen) atoms. The SMILES string of the molecule is O=C(Cn1nc2c(N3CCCCCC3)nccn2c1=O)Nc1ccc(Cl)cc1F. The Morgan fingerprint density at radius 1 is 1.21 bits per heavy atom. The predicted molar refractivity (Wildman–Crippen MR) is 108 cm³/mol. The normalized spacial score (nSPS) is 14.8. The number of carbonyl (C=O) groups excluding carboxylic acids is 1. The van der Waals surface area contributed by atoms with Gasteiger partial charge in [-0.05, 0) is 31.0 Å². The quantitative estimate of drug-likeness (QED) is 0.704. The van der Waals surface area contributed by atoms with Gasteiger partial charge in [0.15, 0.2) is 5.82 Å². The Morgan fingerprint density at radius 2 is 1.97 bits per heavy atom. The molecule has 0 aliphatic carbocycles. The van der Waals surface area contributed by atoms with E-state index < -0.39 is 17.4 Å². The Bertz CT molecular complexity index is 1100. The summed E-state index contributed by atoms with van der Waals surface area (Å²) >= 11 is 5.72. The summed E-state index contributed by atoms with van der Waals surface area (Å²) in [6, 6.07) is 3.94. The molecule has 1 amide bonds. The molecule has 0 unspecified atom stereocenters. The zero-order chi connectivity index (χ0) is 20.4. The number of benzene rings is 1. The maximum Gasteiger partial charge on any atom is 0.350 e. The second kappa shape index (κ2) is 8.20. The molecule has 8 nitrogen and oxygen atoms in total. The minimum Gasteiger partial charge on any atom is -0.353 e. The van der Waals surface area contributed by atoms with Gasteiger partial charge in [-0.1, -0.05) is 24.4 Å². The van der Waals surface area contributed by atoms with Crippen molar-refractivity contribution in [2.45, 2.75) is 32.2 Å². The maximum atomic E-state index is 13.9. The van der Waals surface area contributed by atoms with Crippen molar-refractivity contribution in [3.05, 3.63) is 51.9 Å². The van der Waals surface area contributed by atoms with E-state index in [0.29, 0.717) is 11.5 Å². The van der Waals surface area contributed by atoms with Crippen molar-refractivity contribution in [2.24, 2.45) is 0 Å². The standard InChI is InChI=1S/C19H20ClFN6O2/c20-13-5-6-15(14(21)11-13)23-16(28)12-27-19(29)26-10-7-22-17(18(26)24-27)25-8-3-1-2-4-9-25/h5-7,10-11H,1-4,8-9,12H2,(H,23,28). The number of amides is 1. The zero-order valence-electron chi connectivity index (χ0n) is 15.6. The van der Waals surface area contributed by atoms with Crippen molar-refractivity contribution < 1.29 is 9.18 Å². The van der Waals surface area contributed by atoms with Gasteiger partial charge in [-0.15, -0.1) is 5.10 Å². The van der Waals surface area contributed by atoms with Gasteiger partial charge in [0, 0.05) is 30.5 Å². The van der Waals surface area contributed by atoms with Gasteiger partial charge in [-0.2, -0.15) is 0 Å². The van der Waals surface area contributed by atoms with Crippen LogP contribution in [0.25, 0.3) is 5.65 Å². The highest BCUT2D eigenvalue weighted by Crippen LogP contribution is 2.21. The van der Waals surface area contributed by atoms with Crippen LogP contribution in [0.2, 0.25) is 5.02 Å². The molecule has 3 aromatic rings. The van der Waals surface area contributed by atoms with Crippen LogP contribution in [0.1, 0.15) is 25.7 Å². The molecular formula is C19H20ClFN6O2. The third kappa shape index (κ3) is 4.09. The Morgan fingerprint density at radius 3 is 2.69 bits per heavy atom. The van der Waals surface area contributed by atoms with Crippen LogP contribution in [0, 0.1) is 5.82 Å². The van der Waals surface area contributed by atoms with Crippen molar-refractivity contribution >= 4 is 34.7 Å². The fourth-order valence-corrected chi connectivity index (χ4v) is 3.62. The molecule has 1 aromatic carbocycles. The number of hydrogen-bond acceptors (Lipinski definition) is 5. The predicted octanol–water partition coefficient (Wildman–Crippen LogP) is 2.70. The molecule has 0 saturated carbocycles. The minimum atomic E-state index is -0.652. The summed E-state index contributed by atoms with van der Waals surface area (Å²) in [6.07, 6.45) is 7.54. The average Bonchev–Trinajstić information content (AvgIpc) is 2.88. The third-order valence-corrected chi connectivity index (χ3v) is 5.12. The fourth-order valence-electron chi connectivity index (χ4n) is 3.46. The first-order chi connectivity index (χ1) is 14.0. The van der Waals surface area contributed by atoms with E-state index in [1.165, 1.54) is 35.6 Å². The number of aromatic nitrogens is 4. The molecule has 1 aliphatic heterocycles. The maximum absolute atomic E-state index is 13.9. The molecule has 3 heterocycles. The highest BCUT2D eigenvalue weighted by molar-refractivity contribution is 6.30. The first kappa shape index (κ1) is 19.4. The number of nitrogens with one attached hydrogen (secondary N) is 1. The molecule has 152 valence electrons. The summed E-state index contributed by atoms with van der Waals surface area (Å²) in [7, 11) is 0. The van der Waals surface area contributed by atoms with Gasteiger partial charge in [-0.3, -0.25) is 4.79 Å². The fraction of sp³-hybridized carbons (Fsp3) is 0.368. The number of fused-ring (bicyclic) bond motifs is 1. The Balaban J connectivity index is 1.59. The lowest BCUT2D eigenvalue weighted by molar-refractivity contribution is -0.117. The van der Waals surface area contributed by atoms with Gasteiger partial charge in [0.2, 0.25) is 11.6 Å². The van der Waals surface area contributed by atoms with Gasteiger partial charge in [-0.25, -0.2) is 23.3 Å². The molecule has 0 atom stereocenters. The van der Waals surface area contributed by atoms with E-state index in [0.717, 1.165) is 36.7 Å². The number of carbonyl (C=O) groups is 1. The van der Waals surface area contributed by atoms with Gasteiger partial charge >= 0.3 is 5.69 Å². The topological polar surface area (TPSA) is 84.5 Å². The van der Waals surface area contributed by atoms with Crippen LogP contribution in [0.3, 0.4) is 0 Å². The smallest absolute Gasteiger partial charge is 0.350 e. The van der Waals surface area contributed by atoms with E-state index in [9.17, 15) is 14.0 Å². The first-order valence-electron chi connectivity index (χ1n) is 9.47. The van der Waals surface area contributed by atoms with Gasteiger partial charge in [0.25, 0.3) is 0 Å². The lowest BCUT2D eigenvalue weighted by atomic mass is 10.2. The molecule has 1 saturated heterocycles. The largest absolute Gasteiger partial charge is 0.353 e. The number of halogens is 2. The Labute approximate surface area is 170 Å². The van der Waals surface area contributed by atoms with Gasteiger partial charge in [0.05, 0.1) is 5.69 Å². The summed E-state index contributed by atoms with van der Waals surface area (Å²) in [5.74, 6) is -0.587. The van der Waals surface area contributed by atoms with Crippen molar-refractivity contribution in [3.63, 3.8) is 0 Å². The molecule has 0 spiro atoms. The van der Waals surface area contributed by atoms with Crippen molar-refractivity contribution in [3.8, 4) is 0 Å². The summed E-state index contributed by atoms with van der Waals surface area (Å²) in [4.78, 5) is 31.6. The average molecular weight is 419 g/mol.